The van der Waals surface area contributed by atoms with Crippen LogP contribution in [0.15, 0.2) is 17.5 Å². The first-order valence-electron chi connectivity index (χ1n) is 7.27. The van der Waals surface area contributed by atoms with Gasteiger partial charge in [0.1, 0.15) is 0 Å². The van der Waals surface area contributed by atoms with E-state index < -0.39 is 0 Å². The van der Waals surface area contributed by atoms with Crippen LogP contribution in [0.3, 0.4) is 0 Å². The molecular formula is C17H17N3S. The Labute approximate surface area is 127 Å². The van der Waals surface area contributed by atoms with Crippen molar-refractivity contribution in [1.82, 2.24) is 9.97 Å². The molecular weight excluding hydrogens is 278 g/mol. The molecule has 0 amide bonds. The average molecular weight is 295 g/mol. The molecule has 106 valence electrons. The molecule has 3 nitrogen and oxygen atoms in total. The predicted molar refractivity (Wildman–Crippen MR) is 88.8 cm³/mol. The van der Waals surface area contributed by atoms with Gasteiger partial charge in [-0.15, -0.1) is 11.3 Å². The molecule has 0 saturated carbocycles. The number of aromatic nitrogens is 2. The van der Waals surface area contributed by atoms with Gasteiger partial charge in [0.05, 0.1) is 11.2 Å². The first-order valence-corrected chi connectivity index (χ1v) is 8.15. The molecule has 0 saturated heterocycles. The molecule has 0 atom stereocenters. The number of hydrogen-bond donors (Lipinski definition) is 1. The fourth-order valence-electron chi connectivity index (χ4n) is 3.41. The first-order chi connectivity index (χ1) is 10.1. The third kappa shape index (κ3) is 1.94. The van der Waals surface area contributed by atoms with E-state index in [1.54, 1.807) is 0 Å². The fourth-order valence-corrected chi connectivity index (χ4v) is 3.97. The van der Waals surface area contributed by atoms with Crippen LogP contribution in [0.4, 0.5) is 5.13 Å². The second-order valence-corrected chi connectivity index (χ2v) is 6.70. The van der Waals surface area contributed by atoms with Gasteiger partial charge in [0, 0.05) is 22.0 Å². The minimum atomic E-state index is 0.631. The molecule has 2 aromatic heterocycles. The molecule has 4 heteroatoms. The molecule has 2 N–H and O–H groups in total. The van der Waals surface area contributed by atoms with Gasteiger partial charge in [-0.05, 0) is 50.3 Å². The molecule has 0 bridgehead atoms. The van der Waals surface area contributed by atoms with Crippen LogP contribution in [0.2, 0.25) is 0 Å². The number of nitrogens with zero attached hydrogens (tertiary/aromatic N) is 2. The normalized spacial score (nSPS) is 13.8. The van der Waals surface area contributed by atoms with E-state index in [0.29, 0.717) is 5.13 Å². The van der Waals surface area contributed by atoms with Gasteiger partial charge >= 0.3 is 0 Å². The molecule has 1 aliphatic carbocycles. The van der Waals surface area contributed by atoms with Crippen molar-refractivity contribution >= 4 is 27.4 Å². The van der Waals surface area contributed by atoms with Crippen LogP contribution in [0, 0.1) is 13.8 Å². The zero-order chi connectivity index (χ0) is 14.6. The number of benzene rings is 1. The minimum Gasteiger partial charge on any atom is -0.375 e. The lowest BCUT2D eigenvalue weighted by atomic mass is 9.96. The molecule has 0 spiro atoms. The molecule has 1 aromatic carbocycles. The average Bonchev–Trinajstić information content (AvgIpc) is 3.05. The van der Waals surface area contributed by atoms with Crippen molar-refractivity contribution < 1.29 is 0 Å². The van der Waals surface area contributed by atoms with E-state index in [1.165, 1.54) is 51.1 Å². The molecule has 1 aliphatic rings. The number of fused-ring (bicyclic) bond motifs is 2. The van der Waals surface area contributed by atoms with Gasteiger partial charge in [0.25, 0.3) is 0 Å². The minimum absolute atomic E-state index is 0.631. The van der Waals surface area contributed by atoms with Crippen LogP contribution in [0.25, 0.3) is 22.2 Å². The van der Waals surface area contributed by atoms with Crippen molar-refractivity contribution in [1.29, 1.82) is 0 Å². The Morgan fingerprint density at radius 3 is 2.76 bits per heavy atom. The highest BCUT2D eigenvalue weighted by atomic mass is 32.1. The van der Waals surface area contributed by atoms with Crippen LogP contribution in [-0.4, -0.2) is 9.97 Å². The molecule has 3 aromatic rings. The zero-order valence-electron chi connectivity index (χ0n) is 12.2. The molecule has 21 heavy (non-hydrogen) atoms. The van der Waals surface area contributed by atoms with Gasteiger partial charge in [-0.25, -0.2) is 4.98 Å². The SMILES string of the molecule is Cc1cc(C)c2nc3c(c(-c4csc(N)n4)c2c1)CCC3. The highest BCUT2D eigenvalue weighted by Gasteiger charge is 2.22. The van der Waals surface area contributed by atoms with Crippen LogP contribution < -0.4 is 5.73 Å². The van der Waals surface area contributed by atoms with Crippen LogP contribution >= 0.6 is 11.3 Å². The number of rotatable bonds is 1. The van der Waals surface area contributed by atoms with Gasteiger partial charge in [0.15, 0.2) is 5.13 Å². The quantitative estimate of drug-likeness (QED) is 0.737. The summed E-state index contributed by atoms with van der Waals surface area (Å²) < 4.78 is 0. The van der Waals surface area contributed by atoms with E-state index in [0.717, 1.165) is 24.1 Å². The Bertz CT molecular complexity index is 864. The lowest BCUT2D eigenvalue weighted by molar-refractivity contribution is 0.901. The summed E-state index contributed by atoms with van der Waals surface area (Å²) in [6.07, 6.45) is 3.35. The van der Waals surface area contributed by atoms with Crippen LogP contribution in [-0.2, 0) is 12.8 Å². The number of nitrogen functional groups attached to an aromatic ring is 1. The van der Waals surface area contributed by atoms with E-state index in [1.807, 2.05) is 0 Å². The smallest absolute Gasteiger partial charge is 0.180 e. The zero-order valence-corrected chi connectivity index (χ0v) is 13.0. The Morgan fingerprint density at radius 2 is 2.00 bits per heavy atom. The summed E-state index contributed by atoms with van der Waals surface area (Å²) in [5.74, 6) is 0. The maximum atomic E-state index is 5.86. The number of nitrogens with two attached hydrogens (primary N) is 1. The summed E-state index contributed by atoms with van der Waals surface area (Å²) >= 11 is 1.51. The second kappa shape index (κ2) is 4.53. The van der Waals surface area contributed by atoms with E-state index in [-0.39, 0.29) is 0 Å². The highest BCUT2D eigenvalue weighted by Crippen LogP contribution is 2.39. The lowest BCUT2D eigenvalue weighted by Crippen LogP contribution is -1.98. The van der Waals surface area contributed by atoms with Gasteiger partial charge < -0.3 is 5.73 Å². The van der Waals surface area contributed by atoms with Crippen molar-refractivity contribution in [3.05, 3.63) is 39.9 Å². The summed E-state index contributed by atoms with van der Waals surface area (Å²) in [4.78, 5) is 9.47. The first kappa shape index (κ1) is 12.8. The highest BCUT2D eigenvalue weighted by molar-refractivity contribution is 7.13. The molecule has 0 unspecified atom stereocenters. The van der Waals surface area contributed by atoms with Crippen LogP contribution in [0.5, 0.6) is 0 Å². The van der Waals surface area contributed by atoms with E-state index in [4.69, 9.17) is 10.7 Å². The monoisotopic (exact) mass is 295 g/mol. The topological polar surface area (TPSA) is 51.8 Å². The Morgan fingerprint density at radius 1 is 1.14 bits per heavy atom. The lowest BCUT2D eigenvalue weighted by Gasteiger charge is -2.13. The largest absolute Gasteiger partial charge is 0.375 e. The predicted octanol–water partition coefficient (Wildman–Crippen LogP) is 4.05. The summed E-state index contributed by atoms with van der Waals surface area (Å²) in [6.45, 7) is 4.28. The van der Waals surface area contributed by atoms with Crippen LogP contribution in [0.1, 0.15) is 28.8 Å². The van der Waals surface area contributed by atoms with Gasteiger partial charge in [-0.3, -0.25) is 4.98 Å². The Hall–Kier alpha value is -1.94. The molecule has 0 fully saturated rings. The summed E-state index contributed by atoms with van der Waals surface area (Å²) in [7, 11) is 0. The van der Waals surface area contributed by atoms with E-state index in [9.17, 15) is 0 Å². The van der Waals surface area contributed by atoms with Crippen molar-refractivity contribution in [3.63, 3.8) is 0 Å². The maximum Gasteiger partial charge on any atom is 0.180 e. The van der Waals surface area contributed by atoms with Crippen molar-refractivity contribution in [2.75, 3.05) is 5.73 Å². The van der Waals surface area contributed by atoms with E-state index >= 15 is 0 Å². The number of pyridine rings is 1. The molecule has 0 aliphatic heterocycles. The molecule has 2 heterocycles. The number of anilines is 1. The summed E-state index contributed by atoms with van der Waals surface area (Å²) in [5, 5.41) is 3.92. The van der Waals surface area contributed by atoms with E-state index in [2.05, 4.69) is 36.3 Å². The standard InChI is InChI=1S/C17H17N3S/c1-9-6-10(2)16-12(7-9)15(14-8-21-17(18)20-14)11-4-3-5-13(11)19-16/h6-8H,3-5H2,1-2H3,(H2,18,20). The van der Waals surface area contributed by atoms with Gasteiger partial charge in [0.2, 0.25) is 0 Å². The summed E-state index contributed by atoms with van der Waals surface area (Å²) in [6, 6.07) is 4.44. The Kier molecular flexibility index (Phi) is 2.76. The molecule has 0 radical (unpaired) electrons. The summed E-state index contributed by atoms with van der Waals surface area (Å²) in [5.41, 5.74) is 14.4. The third-order valence-electron chi connectivity index (χ3n) is 4.23. The number of hydrogen-bond acceptors (Lipinski definition) is 4. The number of thiazole rings is 1. The van der Waals surface area contributed by atoms with Gasteiger partial charge in [-0.1, -0.05) is 11.6 Å². The van der Waals surface area contributed by atoms with Crippen molar-refractivity contribution in [3.8, 4) is 11.3 Å². The van der Waals surface area contributed by atoms with Gasteiger partial charge in [-0.2, -0.15) is 0 Å². The Balaban J connectivity index is 2.16. The number of aryl methyl sites for hydroxylation is 3. The van der Waals surface area contributed by atoms with Crippen molar-refractivity contribution in [2.24, 2.45) is 0 Å². The third-order valence-corrected chi connectivity index (χ3v) is 4.90. The van der Waals surface area contributed by atoms with Crippen molar-refractivity contribution in [2.45, 2.75) is 33.1 Å². The maximum absolute atomic E-state index is 5.86. The second-order valence-electron chi connectivity index (χ2n) is 5.81. The molecule has 4 rings (SSSR count). The fraction of sp³-hybridized carbons (Fsp3) is 0.294.